The zero-order valence-corrected chi connectivity index (χ0v) is 17.1. The lowest BCUT2D eigenvalue weighted by atomic mass is 9.98. The summed E-state index contributed by atoms with van der Waals surface area (Å²) in [7, 11) is 0. The van der Waals surface area contributed by atoms with Crippen LogP contribution < -0.4 is 5.32 Å². The number of ether oxygens (including phenoxy) is 2. The first-order valence-corrected chi connectivity index (χ1v) is 10.2. The van der Waals surface area contributed by atoms with Gasteiger partial charge in [-0.2, -0.15) is 0 Å². The Labute approximate surface area is 179 Å². The van der Waals surface area contributed by atoms with Crippen LogP contribution >= 0.6 is 0 Å². The third-order valence-corrected chi connectivity index (χ3v) is 5.75. The molecule has 2 aliphatic rings. The van der Waals surface area contributed by atoms with Crippen LogP contribution in [0.4, 0.5) is 4.79 Å². The fourth-order valence-electron chi connectivity index (χ4n) is 4.20. The van der Waals surface area contributed by atoms with Crippen LogP contribution in [0.1, 0.15) is 24.0 Å². The standard InChI is InChI=1S/C23H24N2O6/c1-14(21(26)25-10-11-30-13-20(25)22(27)28)24-23(29)31-12-19-17-8-4-2-6-15(17)16-7-3-5-9-18(16)19/h2-9,14,19-20H,10-13H2,1H3,(H,24,29)(H,27,28). The largest absolute Gasteiger partial charge is 0.480 e. The van der Waals surface area contributed by atoms with E-state index < -0.39 is 30.1 Å². The van der Waals surface area contributed by atoms with Crippen molar-refractivity contribution < 1.29 is 29.0 Å². The number of alkyl carbamates (subject to hydrolysis) is 1. The van der Waals surface area contributed by atoms with Crippen molar-refractivity contribution in [1.82, 2.24) is 10.2 Å². The van der Waals surface area contributed by atoms with Gasteiger partial charge in [0.15, 0.2) is 6.04 Å². The molecule has 2 aromatic carbocycles. The topological polar surface area (TPSA) is 105 Å². The van der Waals surface area contributed by atoms with Crippen LogP contribution in [-0.4, -0.2) is 66.4 Å². The van der Waals surface area contributed by atoms with Crippen LogP contribution in [0.2, 0.25) is 0 Å². The molecule has 8 heteroatoms. The Balaban J connectivity index is 1.38. The number of rotatable bonds is 5. The maximum atomic E-state index is 12.7. The number of carboxylic acids is 1. The van der Waals surface area contributed by atoms with Gasteiger partial charge in [-0.15, -0.1) is 0 Å². The van der Waals surface area contributed by atoms with E-state index in [1.165, 1.54) is 11.8 Å². The Bertz CT molecular complexity index is 962. The molecule has 8 nitrogen and oxygen atoms in total. The highest BCUT2D eigenvalue weighted by atomic mass is 16.5. The molecule has 162 valence electrons. The van der Waals surface area contributed by atoms with Gasteiger partial charge in [0.25, 0.3) is 0 Å². The van der Waals surface area contributed by atoms with E-state index in [1.54, 1.807) is 0 Å². The highest BCUT2D eigenvalue weighted by Crippen LogP contribution is 2.44. The lowest BCUT2D eigenvalue weighted by Gasteiger charge is -2.34. The van der Waals surface area contributed by atoms with Gasteiger partial charge in [-0.3, -0.25) is 4.79 Å². The van der Waals surface area contributed by atoms with Crippen molar-refractivity contribution in [3.8, 4) is 11.1 Å². The molecule has 2 N–H and O–H groups in total. The van der Waals surface area contributed by atoms with Crippen LogP contribution in [0, 0.1) is 0 Å². The molecule has 0 aromatic heterocycles. The van der Waals surface area contributed by atoms with Gasteiger partial charge in [0.05, 0.1) is 13.2 Å². The van der Waals surface area contributed by atoms with Crippen molar-refractivity contribution in [2.75, 3.05) is 26.4 Å². The lowest BCUT2D eigenvalue weighted by Crippen LogP contribution is -2.57. The van der Waals surface area contributed by atoms with Crippen LogP contribution in [0.3, 0.4) is 0 Å². The second-order valence-corrected chi connectivity index (χ2v) is 7.65. The quantitative estimate of drug-likeness (QED) is 0.763. The number of carbonyl (C=O) groups is 3. The van der Waals surface area contributed by atoms with E-state index in [1.807, 2.05) is 36.4 Å². The molecule has 2 aromatic rings. The Morgan fingerprint density at radius 1 is 1.13 bits per heavy atom. The summed E-state index contributed by atoms with van der Waals surface area (Å²) in [4.78, 5) is 37.7. The minimum Gasteiger partial charge on any atom is -0.480 e. The Kier molecular flexibility index (Phi) is 5.90. The van der Waals surface area contributed by atoms with Crippen LogP contribution in [0.5, 0.6) is 0 Å². The van der Waals surface area contributed by atoms with E-state index in [0.29, 0.717) is 0 Å². The highest BCUT2D eigenvalue weighted by molar-refractivity contribution is 5.89. The van der Waals surface area contributed by atoms with E-state index in [0.717, 1.165) is 22.3 Å². The summed E-state index contributed by atoms with van der Waals surface area (Å²) >= 11 is 0. The number of nitrogens with one attached hydrogen (secondary N) is 1. The van der Waals surface area contributed by atoms with E-state index in [4.69, 9.17) is 9.47 Å². The van der Waals surface area contributed by atoms with Crippen molar-refractivity contribution in [2.24, 2.45) is 0 Å². The second-order valence-electron chi connectivity index (χ2n) is 7.65. The summed E-state index contributed by atoms with van der Waals surface area (Å²) < 4.78 is 10.6. The number of aliphatic carboxylic acids is 1. The number of morpholine rings is 1. The minimum atomic E-state index is -1.14. The first kappa shape index (κ1) is 20.9. The van der Waals surface area contributed by atoms with Gasteiger partial charge in [0, 0.05) is 12.5 Å². The molecule has 4 rings (SSSR count). The number of nitrogens with zero attached hydrogens (tertiary/aromatic N) is 1. The molecular formula is C23H24N2O6. The predicted octanol–water partition coefficient (Wildman–Crippen LogP) is 2.23. The molecule has 2 amide bonds. The average molecular weight is 424 g/mol. The van der Waals surface area contributed by atoms with Crippen LogP contribution in [0.15, 0.2) is 48.5 Å². The smallest absolute Gasteiger partial charge is 0.407 e. The molecule has 31 heavy (non-hydrogen) atoms. The maximum Gasteiger partial charge on any atom is 0.407 e. The summed E-state index contributed by atoms with van der Waals surface area (Å²) in [5, 5.41) is 11.8. The van der Waals surface area contributed by atoms with E-state index >= 15 is 0 Å². The molecule has 0 saturated carbocycles. The zero-order valence-electron chi connectivity index (χ0n) is 17.1. The molecule has 0 bridgehead atoms. The fourth-order valence-corrected chi connectivity index (χ4v) is 4.20. The molecule has 1 aliphatic carbocycles. The van der Waals surface area contributed by atoms with Crippen molar-refractivity contribution in [2.45, 2.75) is 24.9 Å². The molecule has 2 unspecified atom stereocenters. The van der Waals surface area contributed by atoms with Gasteiger partial charge in [-0.25, -0.2) is 9.59 Å². The summed E-state index contributed by atoms with van der Waals surface area (Å²) in [6, 6.07) is 14.1. The molecule has 0 radical (unpaired) electrons. The average Bonchev–Trinajstić information content (AvgIpc) is 3.11. The molecule has 1 saturated heterocycles. The van der Waals surface area contributed by atoms with E-state index in [2.05, 4.69) is 17.4 Å². The molecule has 1 aliphatic heterocycles. The third kappa shape index (κ3) is 4.11. The first-order chi connectivity index (χ1) is 15.0. The number of carboxylic acid groups (broad SMARTS) is 1. The Morgan fingerprint density at radius 2 is 1.74 bits per heavy atom. The molecule has 1 heterocycles. The van der Waals surface area contributed by atoms with Gasteiger partial charge in [-0.1, -0.05) is 48.5 Å². The lowest BCUT2D eigenvalue weighted by molar-refractivity contribution is -0.159. The predicted molar refractivity (Wildman–Crippen MR) is 112 cm³/mol. The zero-order chi connectivity index (χ0) is 22.0. The van der Waals surface area contributed by atoms with Crippen LogP contribution in [0.25, 0.3) is 11.1 Å². The van der Waals surface area contributed by atoms with Crippen molar-refractivity contribution in [3.05, 3.63) is 59.7 Å². The SMILES string of the molecule is CC(NC(=O)OCC1c2ccccc2-c2ccccc21)C(=O)N1CCOCC1C(=O)O. The van der Waals surface area contributed by atoms with E-state index in [9.17, 15) is 19.5 Å². The summed E-state index contributed by atoms with van der Waals surface area (Å²) in [6.45, 7) is 1.99. The molecule has 1 fully saturated rings. The van der Waals surface area contributed by atoms with Gasteiger partial charge < -0.3 is 24.8 Å². The van der Waals surface area contributed by atoms with Crippen molar-refractivity contribution in [3.63, 3.8) is 0 Å². The molecule has 2 atom stereocenters. The van der Waals surface area contributed by atoms with Crippen LogP contribution in [-0.2, 0) is 19.1 Å². The van der Waals surface area contributed by atoms with Crippen molar-refractivity contribution in [1.29, 1.82) is 0 Å². The third-order valence-electron chi connectivity index (χ3n) is 5.75. The van der Waals surface area contributed by atoms with Gasteiger partial charge in [-0.05, 0) is 29.2 Å². The number of fused-ring (bicyclic) bond motifs is 3. The van der Waals surface area contributed by atoms with Gasteiger partial charge in [0.1, 0.15) is 12.6 Å². The fraction of sp³-hybridized carbons (Fsp3) is 0.348. The second kappa shape index (κ2) is 8.77. The number of amides is 2. The normalized spacial score (nSPS) is 18.6. The van der Waals surface area contributed by atoms with Crippen molar-refractivity contribution >= 4 is 18.0 Å². The van der Waals surface area contributed by atoms with E-state index in [-0.39, 0.29) is 32.3 Å². The van der Waals surface area contributed by atoms with Gasteiger partial charge in [0.2, 0.25) is 5.91 Å². The summed E-state index contributed by atoms with van der Waals surface area (Å²) in [5.41, 5.74) is 4.45. The summed E-state index contributed by atoms with van der Waals surface area (Å²) in [6.07, 6.45) is -0.720. The first-order valence-electron chi connectivity index (χ1n) is 10.2. The maximum absolute atomic E-state index is 12.7. The summed E-state index contributed by atoms with van der Waals surface area (Å²) in [5.74, 6) is -1.70. The number of hydrogen-bond donors (Lipinski definition) is 2. The highest BCUT2D eigenvalue weighted by Gasteiger charge is 2.35. The monoisotopic (exact) mass is 424 g/mol. The Hall–Kier alpha value is -3.39. The minimum absolute atomic E-state index is 0.0707. The molecule has 0 spiro atoms. The van der Waals surface area contributed by atoms with Gasteiger partial charge >= 0.3 is 12.1 Å². The Morgan fingerprint density at radius 3 is 2.35 bits per heavy atom. The number of carbonyl (C=O) groups excluding carboxylic acids is 2. The molecular weight excluding hydrogens is 400 g/mol. The number of benzene rings is 2. The number of hydrogen-bond acceptors (Lipinski definition) is 5.